The summed E-state index contributed by atoms with van der Waals surface area (Å²) in [5.41, 5.74) is 5.76. The van der Waals surface area contributed by atoms with Gasteiger partial charge in [0.25, 0.3) is 0 Å². The number of fused-ring (bicyclic) bond motifs is 1. The molecule has 0 saturated carbocycles. The monoisotopic (exact) mass is 488 g/mol. The number of hydrogen-bond donors (Lipinski definition) is 2. The van der Waals surface area contributed by atoms with Crippen molar-refractivity contribution in [2.24, 2.45) is 0 Å². The predicted octanol–water partition coefficient (Wildman–Crippen LogP) is 5.07. The SMILES string of the molecule is Cc1nc(N)ncc1-c1c(F)cc(Cc2c(C#N)cc(F)cc2C(F)C(C)F)c2c1C(O)C(F)C2. The molecule has 3 N–H and O–H groups in total. The van der Waals surface area contributed by atoms with Gasteiger partial charge in [0.2, 0.25) is 5.95 Å². The lowest BCUT2D eigenvalue weighted by Gasteiger charge is -2.20. The highest BCUT2D eigenvalue weighted by molar-refractivity contribution is 5.74. The van der Waals surface area contributed by atoms with Crippen molar-refractivity contribution in [3.63, 3.8) is 0 Å². The number of aryl methyl sites for hydroxylation is 1. The maximum atomic E-state index is 15.5. The van der Waals surface area contributed by atoms with Gasteiger partial charge in [0.1, 0.15) is 30.1 Å². The van der Waals surface area contributed by atoms with Crippen LogP contribution in [0.3, 0.4) is 0 Å². The Morgan fingerprint density at radius 1 is 1.26 bits per heavy atom. The maximum Gasteiger partial charge on any atom is 0.220 e. The molecule has 4 rings (SSSR count). The third-order valence-corrected chi connectivity index (χ3v) is 6.26. The van der Waals surface area contributed by atoms with Crippen molar-refractivity contribution in [1.29, 1.82) is 5.26 Å². The number of aliphatic hydroxyl groups excluding tert-OH is 1. The number of anilines is 1. The van der Waals surface area contributed by atoms with Crippen molar-refractivity contribution in [3.05, 3.63) is 75.1 Å². The molecule has 1 aromatic heterocycles. The molecule has 0 fully saturated rings. The van der Waals surface area contributed by atoms with Crippen LogP contribution in [0.2, 0.25) is 0 Å². The van der Waals surface area contributed by atoms with Crippen LogP contribution in [0.5, 0.6) is 0 Å². The second-order valence-corrected chi connectivity index (χ2v) is 8.57. The third-order valence-electron chi connectivity index (χ3n) is 6.26. The van der Waals surface area contributed by atoms with Gasteiger partial charge in [-0.3, -0.25) is 0 Å². The molecule has 0 bridgehead atoms. The summed E-state index contributed by atoms with van der Waals surface area (Å²) in [5.74, 6) is -1.80. The Balaban J connectivity index is 1.94. The van der Waals surface area contributed by atoms with Crippen molar-refractivity contribution in [3.8, 4) is 17.2 Å². The molecule has 4 unspecified atom stereocenters. The minimum Gasteiger partial charge on any atom is -0.385 e. The van der Waals surface area contributed by atoms with Crippen LogP contribution >= 0.6 is 0 Å². The first-order valence-corrected chi connectivity index (χ1v) is 10.8. The number of aliphatic hydroxyl groups is 1. The zero-order valence-corrected chi connectivity index (χ0v) is 18.8. The van der Waals surface area contributed by atoms with Crippen LogP contribution in [-0.2, 0) is 12.8 Å². The van der Waals surface area contributed by atoms with Gasteiger partial charge in [0, 0.05) is 23.7 Å². The molecule has 35 heavy (non-hydrogen) atoms. The van der Waals surface area contributed by atoms with Crippen molar-refractivity contribution >= 4 is 5.95 Å². The van der Waals surface area contributed by atoms with E-state index >= 15 is 4.39 Å². The minimum atomic E-state index is -2.24. The van der Waals surface area contributed by atoms with Crippen LogP contribution in [0.4, 0.5) is 27.9 Å². The topological polar surface area (TPSA) is 95.8 Å². The summed E-state index contributed by atoms with van der Waals surface area (Å²) in [6.07, 6.45) is -6.95. The van der Waals surface area contributed by atoms with Crippen LogP contribution < -0.4 is 5.73 Å². The number of nitriles is 1. The van der Waals surface area contributed by atoms with Gasteiger partial charge in [-0.2, -0.15) is 5.26 Å². The maximum absolute atomic E-state index is 15.5. The molecule has 2 aromatic carbocycles. The van der Waals surface area contributed by atoms with Crippen LogP contribution in [0.15, 0.2) is 24.4 Å². The Kier molecular flexibility index (Phi) is 6.47. The van der Waals surface area contributed by atoms with Gasteiger partial charge in [-0.1, -0.05) is 0 Å². The molecule has 1 aliphatic rings. The molecule has 0 radical (unpaired) electrons. The summed E-state index contributed by atoms with van der Waals surface area (Å²) in [5, 5.41) is 20.1. The quantitative estimate of drug-likeness (QED) is 0.489. The first-order valence-electron chi connectivity index (χ1n) is 10.8. The first kappa shape index (κ1) is 24.5. The molecule has 3 aromatic rings. The molecule has 1 heterocycles. The average molecular weight is 488 g/mol. The third kappa shape index (κ3) is 4.32. The van der Waals surface area contributed by atoms with E-state index in [0.717, 1.165) is 25.1 Å². The highest BCUT2D eigenvalue weighted by Gasteiger charge is 2.38. The number of rotatable bonds is 5. The van der Waals surface area contributed by atoms with E-state index in [-0.39, 0.29) is 63.3 Å². The van der Waals surface area contributed by atoms with Gasteiger partial charge in [-0.25, -0.2) is 31.9 Å². The average Bonchev–Trinajstić information content (AvgIpc) is 3.09. The highest BCUT2D eigenvalue weighted by Crippen LogP contribution is 2.45. The lowest BCUT2D eigenvalue weighted by molar-refractivity contribution is 0.0928. The zero-order chi connectivity index (χ0) is 25.6. The van der Waals surface area contributed by atoms with Crippen LogP contribution in [0, 0.1) is 29.9 Å². The second-order valence-electron chi connectivity index (χ2n) is 8.57. The summed E-state index contributed by atoms with van der Waals surface area (Å²) in [7, 11) is 0. The first-order chi connectivity index (χ1) is 16.5. The van der Waals surface area contributed by atoms with Crippen LogP contribution in [-0.4, -0.2) is 27.4 Å². The molecule has 10 heteroatoms. The standard InChI is InChI=1S/C25H21F5N4O/c1-10(26)23(30)17-6-14(27)3-13(8-31)15(17)4-12-5-19(28)21(18-9-33-25(32)34-11(18)2)22-16(12)7-20(29)24(22)35/h3,5-6,9-10,20,23-24,35H,4,7H2,1-2H3,(H2,32,33,34). The van der Waals surface area contributed by atoms with Crippen molar-refractivity contribution in [2.75, 3.05) is 5.73 Å². The number of aromatic nitrogens is 2. The van der Waals surface area contributed by atoms with Gasteiger partial charge in [-0.05, 0) is 66.3 Å². The Labute approximate surface area is 198 Å². The van der Waals surface area contributed by atoms with Gasteiger partial charge in [0.05, 0.1) is 17.3 Å². The smallest absolute Gasteiger partial charge is 0.220 e. The summed E-state index contributed by atoms with van der Waals surface area (Å²) >= 11 is 0. The van der Waals surface area contributed by atoms with Crippen molar-refractivity contribution in [2.45, 2.75) is 51.3 Å². The molecule has 0 spiro atoms. The Morgan fingerprint density at radius 2 is 1.97 bits per heavy atom. The van der Waals surface area contributed by atoms with Gasteiger partial charge in [0.15, 0.2) is 6.17 Å². The van der Waals surface area contributed by atoms with Gasteiger partial charge < -0.3 is 10.8 Å². The Morgan fingerprint density at radius 3 is 2.60 bits per heavy atom. The van der Waals surface area contributed by atoms with E-state index in [4.69, 9.17) is 5.73 Å². The minimum absolute atomic E-state index is 0.0122. The lowest BCUT2D eigenvalue weighted by atomic mass is 9.86. The molecular weight excluding hydrogens is 467 g/mol. The van der Waals surface area contributed by atoms with Crippen molar-refractivity contribution in [1.82, 2.24) is 9.97 Å². The number of nitrogens with zero attached hydrogens (tertiary/aromatic N) is 3. The van der Waals surface area contributed by atoms with E-state index in [1.165, 1.54) is 6.20 Å². The molecular formula is C25H21F5N4O. The largest absolute Gasteiger partial charge is 0.385 e. The summed E-state index contributed by atoms with van der Waals surface area (Å²) in [6.45, 7) is 2.52. The Hall–Kier alpha value is -3.58. The van der Waals surface area contributed by atoms with Gasteiger partial charge >= 0.3 is 0 Å². The van der Waals surface area contributed by atoms with E-state index in [1.54, 1.807) is 13.0 Å². The van der Waals surface area contributed by atoms with E-state index in [2.05, 4.69) is 9.97 Å². The Bertz CT molecular complexity index is 1350. The molecule has 0 saturated heterocycles. The number of hydrogen-bond acceptors (Lipinski definition) is 5. The number of halogens is 5. The fraction of sp³-hybridized carbons (Fsp3) is 0.320. The molecule has 5 nitrogen and oxygen atoms in total. The fourth-order valence-electron chi connectivity index (χ4n) is 4.62. The van der Waals surface area contributed by atoms with E-state index in [1.807, 2.05) is 0 Å². The van der Waals surface area contributed by atoms with E-state index < -0.39 is 36.3 Å². The lowest BCUT2D eigenvalue weighted by Crippen LogP contribution is -2.12. The molecule has 4 atom stereocenters. The number of benzene rings is 2. The predicted molar refractivity (Wildman–Crippen MR) is 118 cm³/mol. The van der Waals surface area contributed by atoms with Crippen LogP contribution in [0.1, 0.15) is 58.3 Å². The molecule has 182 valence electrons. The summed E-state index contributed by atoms with van der Waals surface area (Å²) in [6, 6.07) is 4.53. The van der Waals surface area contributed by atoms with Crippen molar-refractivity contribution < 1.29 is 27.1 Å². The summed E-state index contributed by atoms with van der Waals surface area (Å²) in [4.78, 5) is 7.88. The summed E-state index contributed by atoms with van der Waals surface area (Å²) < 4.78 is 72.8. The van der Waals surface area contributed by atoms with E-state index in [9.17, 15) is 27.9 Å². The normalized spacial score (nSPS) is 18.7. The number of nitrogens with two attached hydrogens (primary N) is 1. The number of nitrogen functional groups attached to an aromatic ring is 1. The molecule has 1 aliphatic carbocycles. The zero-order valence-electron chi connectivity index (χ0n) is 18.8. The fourth-order valence-corrected chi connectivity index (χ4v) is 4.62. The molecule has 0 amide bonds. The highest BCUT2D eigenvalue weighted by atomic mass is 19.2. The second kappa shape index (κ2) is 9.23. The number of alkyl halides is 3. The van der Waals surface area contributed by atoms with Crippen LogP contribution in [0.25, 0.3) is 11.1 Å². The molecule has 0 aliphatic heterocycles. The van der Waals surface area contributed by atoms with E-state index in [0.29, 0.717) is 5.69 Å². The van der Waals surface area contributed by atoms with Gasteiger partial charge in [-0.15, -0.1) is 0 Å².